The van der Waals surface area contributed by atoms with Crippen molar-refractivity contribution in [3.05, 3.63) is 45.8 Å². The van der Waals surface area contributed by atoms with Gasteiger partial charge in [0.1, 0.15) is 11.6 Å². The number of nitrogens with two attached hydrogens (primary N) is 1. The molecule has 7 heteroatoms. The second-order valence-electron chi connectivity index (χ2n) is 4.78. The zero-order chi connectivity index (χ0) is 15.0. The molecular formula is C14H13BrFN3OS. The lowest BCUT2D eigenvalue weighted by atomic mass is 10.2. The van der Waals surface area contributed by atoms with Gasteiger partial charge >= 0.3 is 0 Å². The standard InChI is InChI=1S/C14H13BrFN3OS/c1-8(17)6-11-13(18-14-19(11)4-5-21-14)20-12-7-9(16)2-3-10(12)15/h2-5,7-8H,6,17H2,1H3. The summed E-state index contributed by atoms with van der Waals surface area (Å²) in [6, 6.07) is 4.27. The first-order valence-electron chi connectivity index (χ1n) is 6.37. The third-order valence-corrected chi connectivity index (χ3v) is 4.35. The first-order valence-corrected chi connectivity index (χ1v) is 8.05. The van der Waals surface area contributed by atoms with Crippen molar-refractivity contribution in [2.24, 2.45) is 5.73 Å². The van der Waals surface area contributed by atoms with Gasteiger partial charge in [-0.1, -0.05) is 0 Å². The van der Waals surface area contributed by atoms with Crippen LogP contribution in [0, 0.1) is 5.82 Å². The summed E-state index contributed by atoms with van der Waals surface area (Å²) in [6.45, 7) is 1.92. The fourth-order valence-electron chi connectivity index (χ4n) is 2.04. The van der Waals surface area contributed by atoms with Crippen LogP contribution in [-0.2, 0) is 6.42 Å². The maximum atomic E-state index is 13.4. The monoisotopic (exact) mass is 369 g/mol. The van der Waals surface area contributed by atoms with Gasteiger partial charge in [-0.15, -0.1) is 11.3 Å². The Labute approximate surface area is 133 Å². The molecular weight excluding hydrogens is 357 g/mol. The van der Waals surface area contributed by atoms with E-state index >= 15 is 0 Å². The second kappa shape index (κ2) is 5.75. The highest BCUT2D eigenvalue weighted by Gasteiger charge is 2.17. The lowest BCUT2D eigenvalue weighted by molar-refractivity contribution is 0.449. The molecule has 0 saturated heterocycles. The van der Waals surface area contributed by atoms with Crippen LogP contribution in [0.25, 0.3) is 4.96 Å². The molecule has 0 saturated carbocycles. The van der Waals surface area contributed by atoms with Crippen molar-refractivity contribution in [3.8, 4) is 11.6 Å². The number of fused-ring (bicyclic) bond motifs is 1. The predicted octanol–water partition coefficient (Wildman–Crippen LogP) is 3.98. The summed E-state index contributed by atoms with van der Waals surface area (Å²) in [5.74, 6) is 0.500. The molecule has 0 amide bonds. The highest BCUT2D eigenvalue weighted by Crippen LogP contribution is 2.33. The van der Waals surface area contributed by atoms with Crippen LogP contribution in [0.3, 0.4) is 0 Å². The van der Waals surface area contributed by atoms with E-state index in [1.807, 2.05) is 22.9 Å². The Bertz CT molecular complexity index is 784. The summed E-state index contributed by atoms with van der Waals surface area (Å²) in [5, 5.41) is 1.95. The number of rotatable bonds is 4. The smallest absolute Gasteiger partial charge is 0.242 e. The van der Waals surface area contributed by atoms with E-state index in [4.69, 9.17) is 10.5 Å². The topological polar surface area (TPSA) is 52.5 Å². The van der Waals surface area contributed by atoms with Crippen LogP contribution in [0.15, 0.2) is 34.2 Å². The lowest BCUT2D eigenvalue weighted by Gasteiger charge is -2.09. The van der Waals surface area contributed by atoms with Crippen molar-refractivity contribution in [3.63, 3.8) is 0 Å². The van der Waals surface area contributed by atoms with Gasteiger partial charge in [0, 0.05) is 30.1 Å². The zero-order valence-electron chi connectivity index (χ0n) is 11.2. The van der Waals surface area contributed by atoms with Crippen molar-refractivity contribution in [1.29, 1.82) is 0 Å². The van der Waals surface area contributed by atoms with Gasteiger partial charge in [-0.3, -0.25) is 4.40 Å². The Morgan fingerprint density at radius 3 is 3.10 bits per heavy atom. The van der Waals surface area contributed by atoms with Crippen molar-refractivity contribution in [1.82, 2.24) is 9.38 Å². The largest absolute Gasteiger partial charge is 0.436 e. The second-order valence-corrected chi connectivity index (χ2v) is 6.50. The minimum absolute atomic E-state index is 0.0249. The SMILES string of the molecule is CC(N)Cc1c(Oc2cc(F)ccc2Br)nc2sccn12. The number of hydrogen-bond donors (Lipinski definition) is 1. The molecule has 1 unspecified atom stereocenters. The predicted molar refractivity (Wildman–Crippen MR) is 84.6 cm³/mol. The van der Waals surface area contributed by atoms with Gasteiger partial charge in [-0.05, 0) is 35.0 Å². The molecule has 0 spiro atoms. The normalized spacial score (nSPS) is 12.8. The fourth-order valence-corrected chi connectivity index (χ4v) is 3.10. The minimum Gasteiger partial charge on any atom is -0.436 e. The maximum Gasteiger partial charge on any atom is 0.242 e. The van der Waals surface area contributed by atoms with E-state index < -0.39 is 0 Å². The van der Waals surface area contributed by atoms with E-state index in [0.717, 1.165) is 10.7 Å². The van der Waals surface area contributed by atoms with E-state index in [1.54, 1.807) is 6.07 Å². The van der Waals surface area contributed by atoms with Gasteiger partial charge in [0.15, 0.2) is 4.96 Å². The Morgan fingerprint density at radius 2 is 2.33 bits per heavy atom. The van der Waals surface area contributed by atoms with E-state index in [0.29, 0.717) is 22.5 Å². The summed E-state index contributed by atoms with van der Waals surface area (Å²) in [7, 11) is 0. The highest BCUT2D eigenvalue weighted by atomic mass is 79.9. The number of ether oxygens (including phenoxy) is 1. The quantitative estimate of drug-likeness (QED) is 0.756. The summed E-state index contributed by atoms with van der Waals surface area (Å²) >= 11 is 4.86. The van der Waals surface area contributed by atoms with E-state index in [-0.39, 0.29) is 11.9 Å². The Balaban J connectivity index is 2.03. The van der Waals surface area contributed by atoms with Gasteiger partial charge in [0.25, 0.3) is 0 Å². The summed E-state index contributed by atoms with van der Waals surface area (Å²) in [6.07, 6.45) is 2.55. The summed E-state index contributed by atoms with van der Waals surface area (Å²) in [4.78, 5) is 5.28. The first kappa shape index (κ1) is 14.5. The lowest BCUT2D eigenvalue weighted by Crippen LogP contribution is -2.19. The van der Waals surface area contributed by atoms with Gasteiger partial charge in [-0.25, -0.2) is 4.39 Å². The molecule has 0 aliphatic heterocycles. The fraction of sp³-hybridized carbons (Fsp3) is 0.214. The molecule has 3 rings (SSSR count). The molecule has 1 atom stereocenters. The van der Waals surface area contributed by atoms with Gasteiger partial charge in [-0.2, -0.15) is 4.98 Å². The van der Waals surface area contributed by atoms with Crippen LogP contribution in [0.1, 0.15) is 12.6 Å². The molecule has 0 aliphatic rings. The van der Waals surface area contributed by atoms with Crippen LogP contribution in [0.4, 0.5) is 4.39 Å². The van der Waals surface area contributed by atoms with Gasteiger partial charge in [0.05, 0.1) is 10.2 Å². The molecule has 1 aromatic carbocycles. The summed E-state index contributed by atoms with van der Waals surface area (Å²) < 4.78 is 21.8. The van der Waals surface area contributed by atoms with Crippen molar-refractivity contribution in [2.75, 3.05) is 0 Å². The molecule has 0 aliphatic carbocycles. The van der Waals surface area contributed by atoms with Crippen molar-refractivity contribution < 1.29 is 9.13 Å². The van der Waals surface area contributed by atoms with E-state index in [9.17, 15) is 4.39 Å². The number of aromatic nitrogens is 2. The number of imidazole rings is 1. The van der Waals surface area contributed by atoms with Crippen LogP contribution in [0.5, 0.6) is 11.6 Å². The molecule has 0 fully saturated rings. The van der Waals surface area contributed by atoms with Crippen molar-refractivity contribution in [2.45, 2.75) is 19.4 Å². The number of halogens is 2. The molecule has 2 aromatic heterocycles. The molecule has 2 N–H and O–H groups in total. The number of nitrogens with zero attached hydrogens (tertiary/aromatic N) is 2. The number of benzene rings is 1. The highest BCUT2D eigenvalue weighted by molar-refractivity contribution is 9.10. The van der Waals surface area contributed by atoms with Crippen LogP contribution >= 0.6 is 27.3 Å². The third kappa shape index (κ3) is 2.95. The van der Waals surface area contributed by atoms with E-state index in [1.165, 1.54) is 23.5 Å². The first-order chi connectivity index (χ1) is 10.0. The third-order valence-electron chi connectivity index (χ3n) is 2.94. The van der Waals surface area contributed by atoms with Crippen LogP contribution < -0.4 is 10.5 Å². The molecule has 110 valence electrons. The van der Waals surface area contributed by atoms with Gasteiger partial charge < -0.3 is 10.5 Å². The van der Waals surface area contributed by atoms with Crippen LogP contribution in [-0.4, -0.2) is 15.4 Å². The average molecular weight is 370 g/mol. The molecule has 0 bridgehead atoms. The Hall–Kier alpha value is -1.44. The van der Waals surface area contributed by atoms with Gasteiger partial charge in [0.2, 0.25) is 5.88 Å². The Morgan fingerprint density at radius 1 is 1.52 bits per heavy atom. The van der Waals surface area contributed by atoms with Crippen molar-refractivity contribution >= 4 is 32.2 Å². The number of thiazole rings is 1. The number of hydrogen-bond acceptors (Lipinski definition) is 4. The van der Waals surface area contributed by atoms with E-state index in [2.05, 4.69) is 20.9 Å². The molecule has 2 heterocycles. The zero-order valence-corrected chi connectivity index (χ0v) is 13.6. The van der Waals surface area contributed by atoms with Crippen LogP contribution in [0.2, 0.25) is 0 Å². The summed E-state index contributed by atoms with van der Waals surface area (Å²) in [5.41, 5.74) is 6.78. The average Bonchev–Trinajstić information content (AvgIpc) is 2.97. The molecule has 0 radical (unpaired) electrons. The molecule has 21 heavy (non-hydrogen) atoms. The molecule has 4 nitrogen and oxygen atoms in total. The minimum atomic E-state index is -0.358. The molecule has 3 aromatic rings. The maximum absolute atomic E-state index is 13.4. The Kier molecular flexibility index (Phi) is 3.97.